The number of aliphatic carboxylic acids is 1. The van der Waals surface area contributed by atoms with Gasteiger partial charge in [0.25, 0.3) is 0 Å². The van der Waals surface area contributed by atoms with Crippen LogP contribution in [0, 0.1) is 12.8 Å². The summed E-state index contributed by atoms with van der Waals surface area (Å²) < 4.78 is 1.89. The van der Waals surface area contributed by atoms with Gasteiger partial charge in [-0.05, 0) is 30.4 Å². The van der Waals surface area contributed by atoms with Gasteiger partial charge in [0.15, 0.2) is 0 Å². The molecule has 1 amide bonds. The number of nitrogens with one attached hydrogen (secondary N) is 1. The van der Waals surface area contributed by atoms with Gasteiger partial charge < -0.3 is 15.0 Å². The average Bonchev–Trinajstić information content (AvgIpc) is 2.72. The number of hydrogen-bond donors (Lipinski definition) is 2. The second-order valence-electron chi connectivity index (χ2n) is 5.56. The first-order valence-corrected chi connectivity index (χ1v) is 6.97. The Hall–Kier alpha value is -2.30. The van der Waals surface area contributed by atoms with Crippen molar-refractivity contribution in [1.29, 1.82) is 0 Å². The lowest BCUT2D eigenvalue weighted by atomic mass is 10.1. The molecule has 0 saturated carbocycles. The van der Waals surface area contributed by atoms with Gasteiger partial charge in [0.2, 0.25) is 5.91 Å². The Morgan fingerprint density at radius 3 is 2.57 bits per heavy atom. The normalized spacial score (nSPS) is 12.6. The van der Waals surface area contributed by atoms with Crippen LogP contribution in [0.25, 0.3) is 10.9 Å². The summed E-state index contributed by atoms with van der Waals surface area (Å²) in [5.41, 5.74) is 1.95. The number of carboxylic acid groups (broad SMARTS) is 1. The quantitative estimate of drug-likeness (QED) is 0.885. The van der Waals surface area contributed by atoms with Crippen LogP contribution in [0.3, 0.4) is 0 Å². The molecule has 112 valence electrons. The molecule has 0 radical (unpaired) electrons. The van der Waals surface area contributed by atoms with Gasteiger partial charge in [-0.25, -0.2) is 4.79 Å². The summed E-state index contributed by atoms with van der Waals surface area (Å²) in [6.07, 6.45) is 0. The van der Waals surface area contributed by atoms with E-state index in [4.69, 9.17) is 5.11 Å². The molecule has 1 unspecified atom stereocenters. The molecule has 2 aromatic rings. The molecule has 21 heavy (non-hydrogen) atoms. The first kappa shape index (κ1) is 15.1. The van der Waals surface area contributed by atoms with Gasteiger partial charge in [-0.3, -0.25) is 4.79 Å². The zero-order valence-electron chi connectivity index (χ0n) is 12.5. The van der Waals surface area contributed by atoms with Crippen molar-refractivity contribution in [1.82, 2.24) is 9.88 Å². The number of rotatable bonds is 5. The lowest BCUT2D eigenvalue weighted by Crippen LogP contribution is -2.45. The number of carbonyl (C=O) groups excluding carboxylic acids is 1. The number of fused-ring (bicyclic) bond motifs is 1. The van der Waals surface area contributed by atoms with Crippen molar-refractivity contribution in [3.63, 3.8) is 0 Å². The Bertz CT molecular complexity index is 673. The fourth-order valence-electron chi connectivity index (χ4n) is 2.43. The van der Waals surface area contributed by atoms with Crippen LogP contribution in [-0.4, -0.2) is 27.6 Å². The van der Waals surface area contributed by atoms with Crippen LogP contribution < -0.4 is 5.32 Å². The monoisotopic (exact) mass is 288 g/mol. The Morgan fingerprint density at radius 2 is 1.95 bits per heavy atom. The van der Waals surface area contributed by atoms with Crippen molar-refractivity contribution >= 4 is 22.8 Å². The third kappa shape index (κ3) is 3.24. The molecule has 0 saturated heterocycles. The average molecular weight is 288 g/mol. The van der Waals surface area contributed by atoms with E-state index in [1.807, 2.05) is 41.8 Å². The fraction of sp³-hybridized carbons (Fsp3) is 0.375. The highest BCUT2D eigenvalue weighted by molar-refractivity contribution is 5.86. The Morgan fingerprint density at radius 1 is 1.29 bits per heavy atom. The molecule has 2 rings (SSSR count). The zero-order valence-corrected chi connectivity index (χ0v) is 12.5. The van der Waals surface area contributed by atoms with Crippen LogP contribution in [0.4, 0.5) is 0 Å². The first-order valence-electron chi connectivity index (χ1n) is 6.97. The highest BCUT2D eigenvalue weighted by atomic mass is 16.4. The molecule has 0 aliphatic heterocycles. The maximum absolute atomic E-state index is 12.1. The standard InChI is InChI=1S/C16H20N2O3/c1-10(2)15(16(20)21)17-14(19)9-18-11(3)8-12-6-4-5-7-13(12)18/h4-8,10,15H,9H2,1-3H3,(H,17,19)(H,20,21). The molecule has 0 aliphatic rings. The predicted octanol–water partition coefficient (Wildman–Crippen LogP) is 2.18. The maximum Gasteiger partial charge on any atom is 0.326 e. The Balaban J connectivity index is 2.18. The molecular formula is C16H20N2O3. The highest BCUT2D eigenvalue weighted by Crippen LogP contribution is 2.18. The number of amides is 1. The van der Waals surface area contributed by atoms with E-state index in [9.17, 15) is 9.59 Å². The smallest absolute Gasteiger partial charge is 0.326 e. The second kappa shape index (κ2) is 5.99. The summed E-state index contributed by atoms with van der Waals surface area (Å²) >= 11 is 0. The van der Waals surface area contributed by atoms with E-state index in [1.165, 1.54) is 0 Å². The van der Waals surface area contributed by atoms with Crippen molar-refractivity contribution in [3.8, 4) is 0 Å². The van der Waals surface area contributed by atoms with Crippen molar-refractivity contribution < 1.29 is 14.7 Å². The summed E-state index contributed by atoms with van der Waals surface area (Å²) in [6.45, 7) is 5.60. The molecule has 5 heteroatoms. The lowest BCUT2D eigenvalue weighted by Gasteiger charge is -2.18. The molecular weight excluding hydrogens is 268 g/mol. The number of carboxylic acids is 1. The van der Waals surface area contributed by atoms with Crippen molar-refractivity contribution in [2.45, 2.75) is 33.4 Å². The van der Waals surface area contributed by atoms with E-state index in [1.54, 1.807) is 13.8 Å². The summed E-state index contributed by atoms with van der Waals surface area (Å²) in [4.78, 5) is 23.3. The summed E-state index contributed by atoms with van der Waals surface area (Å²) in [7, 11) is 0. The topological polar surface area (TPSA) is 71.3 Å². The summed E-state index contributed by atoms with van der Waals surface area (Å²) in [5.74, 6) is -1.46. The number of hydrogen-bond acceptors (Lipinski definition) is 2. The van der Waals surface area contributed by atoms with E-state index in [-0.39, 0.29) is 18.4 Å². The second-order valence-corrected chi connectivity index (χ2v) is 5.56. The first-order chi connectivity index (χ1) is 9.90. The summed E-state index contributed by atoms with van der Waals surface area (Å²) in [5, 5.41) is 12.8. The SMILES string of the molecule is Cc1cc2ccccc2n1CC(=O)NC(C(=O)O)C(C)C. The predicted molar refractivity (Wildman–Crippen MR) is 81.1 cm³/mol. The highest BCUT2D eigenvalue weighted by Gasteiger charge is 2.23. The molecule has 1 aromatic heterocycles. The minimum Gasteiger partial charge on any atom is -0.480 e. The van der Waals surface area contributed by atoms with Gasteiger partial charge in [0, 0.05) is 11.2 Å². The van der Waals surface area contributed by atoms with E-state index < -0.39 is 12.0 Å². The fourth-order valence-corrected chi connectivity index (χ4v) is 2.43. The molecule has 0 fully saturated rings. The van der Waals surface area contributed by atoms with Crippen LogP contribution in [0.1, 0.15) is 19.5 Å². The van der Waals surface area contributed by atoms with Gasteiger partial charge >= 0.3 is 5.97 Å². The van der Waals surface area contributed by atoms with E-state index in [0.29, 0.717) is 0 Å². The van der Waals surface area contributed by atoms with Crippen molar-refractivity contribution in [3.05, 3.63) is 36.0 Å². The number of para-hydroxylation sites is 1. The van der Waals surface area contributed by atoms with E-state index in [2.05, 4.69) is 5.32 Å². The molecule has 1 heterocycles. The lowest BCUT2D eigenvalue weighted by molar-refractivity contribution is -0.143. The van der Waals surface area contributed by atoms with Gasteiger partial charge in [-0.2, -0.15) is 0 Å². The van der Waals surface area contributed by atoms with Crippen LogP contribution >= 0.6 is 0 Å². The molecule has 1 aromatic carbocycles. The van der Waals surface area contributed by atoms with Crippen molar-refractivity contribution in [2.24, 2.45) is 5.92 Å². The number of carbonyl (C=O) groups is 2. The van der Waals surface area contributed by atoms with Gasteiger partial charge in [-0.1, -0.05) is 32.0 Å². The van der Waals surface area contributed by atoms with E-state index >= 15 is 0 Å². The van der Waals surface area contributed by atoms with Crippen LogP contribution in [-0.2, 0) is 16.1 Å². The van der Waals surface area contributed by atoms with Gasteiger partial charge in [-0.15, -0.1) is 0 Å². The third-order valence-corrected chi connectivity index (χ3v) is 3.57. The molecule has 0 aliphatic carbocycles. The molecule has 2 N–H and O–H groups in total. The number of aromatic nitrogens is 1. The largest absolute Gasteiger partial charge is 0.480 e. The third-order valence-electron chi connectivity index (χ3n) is 3.57. The number of nitrogens with zero attached hydrogens (tertiary/aromatic N) is 1. The summed E-state index contributed by atoms with van der Waals surface area (Å²) in [6, 6.07) is 8.97. The van der Waals surface area contributed by atoms with Gasteiger partial charge in [0.05, 0.1) is 0 Å². The van der Waals surface area contributed by atoms with Crippen LogP contribution in [0.15, 0.2) is 30.3 Å². The minimum absolute atomic E-state index is 0.121. The minimum atomic E-state index is -1.01. The maximum atomic E-state index is 12.1. The number of benzene rings is 1. The molecule has 0 spiro atoms. The van der Waals surface area contributed by atoms with Crippen LogP contribution in [0.2, 0.25) is 0 Å². The van der Waals surface area contributed by atoms with Crippen LogP contribution in [0.5, 0.6) is 0 Å². The van der Waals surface area contributed by atoms with Gasteiger partial charge in [0.1, 0.15) is 12.6 Å². The molecule has 5 nitrogen and oxygen atoms in total. The Kier molecular flexibility index (Phi) is 4.31. The van der Waals surface area contributed by atoms with Crippen molar-refractivity contribution in [2.75, 3.05) is 0 Å². The zero-order chi connectivity index (χ0) is 15.6. The molecule has 0 bridgehead atoms. The van der Waals surface area contributed by atoms with E-state index in [0.717, 1.165) is 16.6 Å². The molecule has 1 atom stereocenters. The number of aryl methyl sites for hydroxylation is 1. The Labute approximate surface area is 123 Å².